The van der Waals surface area contributed by atoms with Crippen molar-refractivity contribution >= 4 is 29.0 Å². The zero-order valence-corrected chi connectivity index (χ0v) is 23.8. The molecule has 4 aromatic rings. The highest BCUT2D eigenvalue weighted by Gasteiger charge is 2.21. The highest BCUT2D eigenvalue weighted by atomic mass is 32.1. The third kappa shape index (κ3) is 7.33. The predicted octanol–water partition coefficient (Wildman–Crippen LogP) is 7.15. The van der Waals surface area contributed by atoms with Gasteiger partial charge in [0.2, 0.25) is 0 Å². The lowest BCUT2D eigenvalue weighted by molar-refractivity contribution is 0.0948. The van der Waals surface area contributed by atoms with Gasteiger partial charge in [0.15, 0.2) is 0 Å². The van der Waals surface area contributed by atoms with Gasteiger partial charge in [-0.2, -0.15) is 0 Å². The van der Waals surface area contributed by atoms with Crippen molar-refractivity contribution in [3.05, 3.63) is 117 Å². The van der Waals surface area contributed by atoms with Crippen molar-refractivity contribution in [2.45, 2.75) is 52.6 Å². The number of para-hydroxylation sites is 1. The fourth-order valence-electron chi connectivity index (χ4n) is 4.63. The molecule has 39 heavy (non-hydrogen) atoms. The van der Waals surface area contributed by atoms with E-state index in [4.69, 9.17) is 0 Å². The molecule has 0 spiro atoms. The first kappa shape index (κ1) is 28.0. The molecular weight excluding hydrogens is 504 g/mol. The van der Waals surface area contributed by atoms with Gasteiger partial charge in [0.1, 0.15) is 10.7 Å². The fraction of sp³-hybridized carbons (Fsp3) is 0.281. The van der Waals surface area contributed by atoms with Crippen LogP contribution in [0.15, 0.2) is 84.2 Å². The molecule has 3 amide bonds. The van der Waals surface area contributed by atoms with Crippen LogP contribution in [0.3, 0.4) is 0 Å². The van der Waals surface area contributed by atoms with Crippen LogP contribution in [0.1, 0.15) is 63.9 Å². The Kier molecular flexibility index (Phi) is 9.49. The van der Waals surface area contributed by atoms with Crippen LogP contribution in [0, 0.1) is 13.8 Å². The first-order chi connectivity index (χ1) is 18.8. The molecule has 0 aliphatic heterocycles. The number of hydrogen-bond acceptors (Lipinski definition) is 4. The van der Waals surface area contributed by atoms with Gasteiger partial charge in [0, 0.05) is 29.6 Å². The topological polar surface area (TPSA) is 74.3 Å². The van der Waals surface area contributed by atoms with Crippen LogP contribution in [0.2, 0.25) is 0 Å². The van der Waals surface area contributed by atoms with Crippen molar-refractivity contribution < 1.29 is 9.59 Å². The largest absolute Gasteiger partial charge is 0.351 e. The van der Waals surface area contributed by atoms with Gasteiger partial charge in [-0.1, -0.05) is 78.9 Å². The molecule has 0 saturated heterocycles. The third-order valence-electron chi connectivity index (χ3n) is 6.81. The molecule has 0 saturated carbocycles. The number of rotatable bonds is 10. The Morgan fingerprint density at radius 2 is 1.46 bits per heavy atom. The number of aromatic nitrogens is 1. The van der Waals surface area contributed by atoms with Crippen molar-refractivity contribution in [1.82, 2.24) is 15.2 Å². The maximum absolute atomic E-state index is 13.2. The SMILES string of the molecule is Cc1cccc(C)c1NC(=O)N(Cc1nc(C(=O)NCCC(c2ccccc2)c2ccccc2)cs1)C(C)C. The lowest BCUT2D eigenvalue weighted by atomic mass is 9.88. The van der Waals surface area contributed by atoms with Crippen LogP contribution in [-0.4, -0.2) is 34.4 Å². The average Bonchev–Trinajstić information content (AvgIpc) is 3.41. The van der Waals surface area contributed by atoms with E-state index in [-0.39, 0.29) is 23.9 Å². The molecule has 1 aromatic heterocycles. The Balaban J connectivity index is 1.37. The lowest BCUT2D eigenvalue weighted by Crippen LogP contribution is -2.39. The minimum Gasteiger partial charge on any atom is -0.351 e. The normalized spacial score (nSPS) is 11.0. The zero-order valence-electron chi connectivity index (χ0n) is 23.0. The van der Waals surface area contributed by atoms with Crippen molar-refractivity contribution in [2.24, 2.45) is 0 Å². The minimum absolute atomic E-state index is 0.0385. The number of anilines is 1. The van der Waals surface area contributed by atoms with Crippen LogP contribution in [-0.2, 0) is 6.54 Å². The monoisotopic (exact) mass is 540 g/mol. The molecule has 1 heterocycles. The van der Waals surface area contributed by atoms with Crippen LogP contribution >= 0.6 is 11.3 Å². The highest BCUT2D eigenvalue weighted by molar-refractivity contribution is 7.09. The van der Waals surface area contributed by atoms with E-state index < -0.39 is 0 Å². The Morgan fingerprint density at radius 3 is 2.03 bits per heavy atom. The van der Waals surface area contributed by atoms with E-state index in [2.05, 4.69) is 39.9 Å². The summed E-state index contributed by atoms with van der Waals surface area (Å²) < 4.78 is 0. The van der Waals surface area contributed by atoms with E-state index in [1.807, 2.05) is 82.3 Å². The number of amides is 3. The van der Waals surface area contributed by atoms with Crippen LogP contribution in [0.25, 0.3) is 0 Å². The summed E-state index contributed by atoms with van der Waals surface area (Å²) in [6, 6.07) is 26.4. The molecule has 0 radical (unpaired) electrons. The van der Waals surface area contributed by atoms with Gasteiger partial charge in [0.25, 0.3) is 5.91 Å². The number of carbonyl (C=O) groups excluding carboxylic acids is 2. The number of thiazole rings is 1. The zero-order chi connectivity index (χ0) is 27.8. The summed E-state index contributed by atoms with van der Waals surface area (Å²) in [6.45, 7) is 8.77. The molecule has 2 N–H and O–H groups in total. The summed E-state index contributed by atoms with van der Waals surface area (Å²) in [5, 5.41) is 8.58. The molecule has 0 atom stereocenters. The molecule has 6 nitrogen and oxygen atoms in total. The van der Waals surface area contributed by atoms with Gasteiger partial charge in [0.05, 0.1) is 6.54 Å². The van der Waals surface area contributed by atoms with Crippen molar-refractivity contribution in [3.63, 3.8) is 0 Å². The summed E-state index contributed by atoms with van der Waals surface area (Å²) in [7, 11) is 0. The molecule has 202 valence electrons. The predicted molar refractivity (Wildman–Crippen MR) is 159 cm³/mol. The second-order valence-electron chi connectivity index (χ2n) is 9.96. The Bertz CT molecular complexity index is 1330. The van der Waals surface area contributed by atoms with E-state index in [1.54, 1.807) is 10.3 Å². The maximum atomic E-state index is 13.2. The number of nitrogens with one attached hydrogen (secondary N) is 2. The number of benzene rings is 3. The summed E-state index contributed by atoms with van der Waals surface area (Å²) in [5.41, 5.74) is 5.69. The van der Waals surface area contributed by atoms with Crippen LogP contribution in [0.4, 0.5) is 10.5 Å². The second kappa shape index (κ2) is 13.2. The Hall–Kier alpha value is -3.97. The van der Waals surface area contributed by atoms with Gasteiger partial charge >= 0.3 is 6.03 Å². The molecule has 0 unspecified atom stereocenters. The van der Waals surface area contributed by atoms with Crippen molar-refractivity contribution in [2.75, 3.05) is 11.9 Å². The molecule has 7 heteroatoms. The lowest BCUT2D eigenvalue weighted by Gasteiger charge is -2.27. The highest BCUT2D eigenvalue weighted by Crippen LogP contribution is 2.27. The van der Waals surface area contributed by atoms with Crippen molar-refractivity contribution in [1.29, 1.82) is 0 Å². The van der Waals surface area contributed by atoms with Gasteiger partial charge in [-0.25, -0.2) is 9.78 Å². The fourth-order valence-corrected chi connectivity index (χ4v) is 5.40. The van der Waals surface area contributed by atoms with Crippen LogP contribution < -0.4 is 10.6 Å². The van der Waals surface area contributed by atoms with Gasteiger partial charge in [-0.15, -0.1) is 11.3 Å². The van der Waals surface area contributed by atoms with Crippen molar-refractivity contribution in [3.8, 4) is 0 Å². The maximum Gasteiger partial charge on any atom is 0.322 e. The first-order valence-corrected chi connectivity index (χ1v) is 14.2. The van der Waals surface area contributed by atoms with Gasteiger partial charge < -0.3 is 15.5 Å². The molecule has 4 rings (SSSR count). The molecule has 3 aromatic carbocycles. The van der Waals surface area contributed by atoms with Gasteiger partial charge in [-0.3, -0.25) is 4.79 Å². The second-order valence-corrected chi connectivity index (χ2v) is 10.9. The van der Waals surface area contributed by atoms with E-state index >= 15 is 0 Å². The third-order valence-corrected chi connectivity index (χ3v) is 7.64. The van der Waals surface area contributed by atoms with E-state index in [1.165, 1.54) is 22.5 Å². The number of hydrogen-bond donors (Lipinski definition) is 2. The molecular formula is C32H36N4O2S. The van der Waals surface area contributed by atoms with E-state index in [9.17, 15) is 9.59 Å². The smallest absolute Gasteiger partial charge is 0.322 e. The number of nitrogens with zero attached hydrogens (tertiary/aromatic N) is 2. The standard InChI is InChI=1S/C32H36N4O2S/c1-22(2)36(32(38)35-30-23(3)12-11-13-24(30)4)20-29-34-28(21-39-29)31(37)33-19-18-27(25-14-7-5-8-15-25)26-16-9-6-10-17-26/h5-17,21-22,27H,18-20H2,1-4H3,(H,33,37)(H,35,38). The summed E-state index contributed by atoms with van der Waals surface area (Å²) >= 11 is 1.39. The van der Waals surface area contributed by atoms with E-state index in [0.717, 1.165) is 28.2 Å². The van der Waals surface area contributed by atoms with Gasteiger partial charge in [-0.05, 0) is 56.4 Å². The number of aryl methyl sites for hydroxylation is 2. The molecule has 0 bridgehead atoms. The summed E-state index contributed by atoms with van der Waals surface area (Å²) in [5.74, 6) is -0.0119. The Morgan fingerprint density at radius 1 is 0.872 bits per heavy atom. The number of carbonyl (C=O) groups is 2. The molecule has 0 fully saturated rings. The quantitative estimate of drug-likeness (QED) is 0.224. The molecule has 0 aliphatic carbocycles. The van der Waals surface area contributed by atoms with E-state index in [0.29, 0.717) is 18.8 Å². The average molecular weight is 541 g/mol. The number of urea groups is 1. The summed E-state index contributed by atoms with van der Waals surface area (Å²) in [6.07, 6.45) is 0.774. The first-order valence-electron chi connectivity index (χ1n) is 13.3. The minimum atomic E-state index is -0.201. The van der Waals surface area contributed by atoms with Crippen LogP contribution in [0.5, 0.6) is 0 Å². The molecule has 0 aliphatic rings. The Labute approximate surface area is 235 Å². The summed E-state index contributed by atoms with van der Waals surface area (Å²) in [4.78, 5) is 32.4.